The molecule has 2 rings (SSSR count). The summed E-state index contributed by atoms with van der Waals surface area (Å²) in [5, 5.41) is 9.72. The van der Waals surface area contributed by atoms with Gasteiger partial charge in [0, 0.05) is 12.7 Å². The molecular formula is C14H21NO2. The van der Waals surface area contributed by atoms with Crippen molar-refractivity contribution in [2.24, 2.45) is 0 Å². The third-order valence-electron chi connectivity index (χ3n) is 3.40. The van der Waals surface area contributed by atoms with Crippen LogP contribution in [0.3, 0.4) is 0 Å². The SMILES string of the molecule is COC1=C(O)CN(CCC2=CCCCC2)C=C1. The Morgan fingerprint density at radius 3 is 2.94 bits per heavy atom. The van der Waals surface area contributed by atoms with E-state index < -0.39 is 0 Å². The van der Waals surface area contributed by atoms with Crippen LogP contribution in [0.15, 0.2) is 35.4 Å². The van der Waals surface area contributed by atoms with Crippen molar-refractivity contribution < 1.29 is 9.84 Å². The Bertz CT molecular complexity index is 355. The Hall–Kier alpha value is -1.38. The van der Waals surface area contributed by atoms with Crippen LogP contribution in [0.25, 0.3) is 0 Å². The van der Waals surface area contributed by atoms with Crippen LogP contribution in [-0.2, 0) is 4.74 Å². The third-order valence-corrected chi connectivity index (χ3v) is 3.40. The molecule has 0 aromatic heterocycles. The van der Waals surface area contributed by atoms with Gasteiger partial charge in [-0.2, -0.15) is 0 Å². The molecule has 0 saturated heterocycles. The van der Waals surface area contributed by atoms with E-state index in [-0.39, 0.29) is 0 Å². The summed E-state index contributed by atoms with van der Waals surface area (Å²) in [6, 6.07) is 0. The number of allylic oxidation sites excluding steroid dienone is 2. The predicted octanol–water partition coefficient (Wildman–Crippen LogP) is 3.12. The third kappa shape index (κ3) is 3.29. The van der Waals surface area contributed by atoms with Gasteiger partial charge in [0.25, 0.3) is 0 Å². The van der Waals surface area contributed by atoms with Crippen LogP contribution < -0.4 is 0 Å². The average molecular weight is 235 g/mol. The molecule has 17 heavy (non-hydrogen) atoms. The number of hydrogen-bond donors (Lipinski definition) is 1. The lowest BCUT2D eigenvalue weighted by Crippen LogP contribution is -2.25. The molecule has 94 valence electrons. The largest absolute Gasteiger partial charge is 0.507 e. The molecule has 0 aromatic carbocycles. The second-order valence-electron chi connectivity index (χ2n) is 4.66. The first-order valence-electron chi connectivity index (χ1n) is 6.36. The van der Waals surface area contributed by atoms with Crippen LogP contribution in [0, 0.1) is 0 Å². The minimum absolute atomic E-state index is 0.327. The topological polar surface area (TPSA) is 32.7 Å². The predicted molar refractivity (Wildman–Crippen MR) is 68.5 cm³/mol. The summed E-state index contributed by atoms with van der Waals surface area (Å²) in [6.07, 6.45) is 12.5. The summed E-state index contributed by atoms with van der Waals surface area (Å²) in [7, 11) is 1.58. The minimum atomic E-state index is 0.327. The summed E-state index contributed by atoms with van der Waals surface area (Å²) in [5.74, 6) is 0.908. The van der Waals surface area contributed by atoms with Crippen LogP contribution in [0.1, 0.15) is 32.1 Å². The van der Waals surface area contributed by atoms with Crippen molar-refractivity contribution >= 4 is 0 Å². The molecule has 0 spiro atoms. The van der Waals surface area contributed by atoms with E-state index in [4.69, 9.17) is 4.74 Å². The molecular weight excluding hydrogens is 214 g/mol. The van der Waals surface area contributed by atoms with Crippen LogP contribution in [0.4, 0.5) is 0 Å². The molecule has 1 heterocycles. The Morgan fingerprint density at radius 2 is 2.29 bits per heavy atom. The molecule has 0 radical (unpaired) electrons. The van der Waals surface area contributed by atoms with Crippen molar-refractivity contribution in [3.8, 4) is 0 Å². The van der Waals surface area contributed by atoms with E-state index in [2.05, 4.69) is 11.0 Å². The first kappa shape index (κ1) is 12.1. The minimum Gasteiger partial charge on any atom is -0.507 e. The van der Waals surface area contributed by atoms with Gasteiger partial charge in [0.15, 0.2) is 11.5 Å². The fourth-order valence-corrected chi connectivity index (χ4v) is 2.35. The van der Waals surface area contributed by atoms with Crippen LogP contribution >= 0.6 is 0 Å². The molecule has 2 aliphatic rings. The van der Waals surface area contributed by atoms with Crippen molar-refractivity contribution in [1.29, 1.82) is 0 Å². The van der Waals surface area contributed by atoms with Crippen molar-refractivity contribution in [2.75, 3.05) is 20.2 Å². The zero-order valence-electron chi connectivity index (χ0n) is 10.5. The number of nitrogens with zero attached hydrogens (tertiary/aromatic N) is 1. The van der Waals surface area contributed by atoms with Gasteiger partial charge in [0.05, 0.1) is 13.7 Å². The van der Waals surface area contributed by atoms with Gasteiger partial charge in [-0.15, -0.1) is 0 Å². The summed E-state index contributed by atoms with van der Waals surface area (Å²) in [5.41, 5.74) is 1.57. The lowest BCUT2D eigenvalue weighted by Gasteiger charge is -2.25. The zero-order valence-corrected chi connectivity index (χ0v) is 10.5. The maximum atomic E-state index is 9.72. The van der Waals surface area contributed by atoms with Crippen molar-refractivity contribution in [3.63, 3.8) is 0 Å². The maximum Gasteiger partial charge on any atom is 0.159 e. The van der Waals surface area contributed by atoms with Gasteiger partial charge in [-0.25, -0.2) is 0 Å². The summed E-state index contributed by atoms with van der Waals surface area (Å²) in [4.78, 5) is 2.13. The van der Waals surface area contributed by atoms with E-state index in [0.29, 0.717) is 18.1 Å². The average Bonchev–Trinajstić information content (AvgIpc) is 2.38. The molecule has 3 heteroatoms. The smallest absolute Gasteiger partial charge is 0.159 e. The number of rotatable bonds is 4. The number of hydrogen-bond acceptors (Lipinski definition) is 3. The molecule has 0 bridgehead atoms. The fourth-order valence-electron chi connectivity index (χ4n) is 2.35. The van der Waals surface area contributed by atoms with E-state index in [0.717, 1.165) is 13.0 Å². The summed E-state index contributed by atoms with van der Waals surface area (Å²) >= 11 is 0. The number of aliphatic hydroxyl groups is 1. The second kappa shape index (κ2) is 5.80. The van der Waals surface area contributed by atoms with Crippen molar-refractivity contribution in [2.45, 2.75) is 32.1 Å². The van der Waals surface area contributed by atoms with Gasteiger partial charge in [-0.05, 0) is 38.2 Å². The summed E-state index contributed by atoms with van der Waals surface area (Å²) in [6.45, 7) is 1.54. The molecule has 1 aliphatic carbocycles. The fraction of sp³-hybridized carbons (Fsp3) is 0.571. The van der Waals surface area contributed by atoms with Crippen LogP contribution in [-0.4, -0.2) is 30.2 Å². The standard InChI is InChI=1S/C14H21NO2/c1-17-14-8-10-15(11-13(14)16)9-7-12-5-3-2-4-6-12/h5,8,10,16H,2-4,6-7,9,11H2,1H3. The molecule has 3 nitrogen and oxygen atoms in total. The Labute approximate surface area is 103 Å². The lowest BCUT2D eigenvalue weighted by molar-refractivity contribution is 0.232. The van der Waals surface area contributed by atoms with Gasteiger partial charge >= 0.3 is 0 Å². The van der Waals surface area contributed by atoms with Gasteiger partial charge in [0.1, 0.15) is 0 Å². The van der Waals surface area contributed by atoms with E-state index in [1.807, 2.05) is 12.3 Å². The first-order chi connectivity index (χ1) is 8.29. The Kier molecular flexibility index (Phi) is 4.13. The van der Waals surface area contributed by atoms with Gasteiger partial charge in [-0.1, -0.05) is 11.6 Å². The van der Waals surface area contributed by atoms with E-state index in [1.54, 1.807) is 12.7 Å². The Morgan fingerprint density at radius 1 is 1.41 bits per heavy atom. The normalized spacial score (nSPS) is 20.5. The Balaban J connectivity index is 1.80. The summed E-state index contributed by atoms with van der Waals surface area (Å²) < 4.78 is 5.05. The number of aliphatic hydroxyl groups excluding tert-OH is 1. The van der Waals surface area contributed by atoms with E-state index in [9.17, 15) is 5.11 Å². The highest BCUT2D eigenvalue weighted by atomic mass is 16.5. The zero-order chi connectivity index (χ0) is 12.1. The van der Waals surface area contributed by atoms with Crippen molar-refractivity contribution in [3.05, 3.63) is 35.4 Å². The van der Waals surface area contributed by atoms with E-state index in [1.165, 1.54) is 25.7 Å². The maximum absolute atomic E-state index is 9.72. The molecule has 0 saturated carbocycles. The number of methoxy groups -OCH3 is 1. The van der Waals surface area contributed by atoms with Gasteiger partial charge < -0.3 is 14.7 Å². The number of ether oxygens (including phenoxy) is 1. The molecule has 0 fully saturated rings. The molecule has 1 N–H and O–H groups in total. The van der Waals surface area contributed by atoms with Crippen LogP contribution in [0.2, 0.25) is 0 Å². The molecule has 0 aromatic rings. The van der Waals surface area contributed by atoms with Gasteiger partial charge in [0.2, 0.25) is 0 Å². The van der Waals surface area contributed by atoms with Crippen molar-refractivity contribution in [1.82, 2.24) is 4.90 Å². The monoisotopic (exact) mass is 235 g/mol. The highest BCUT2D eigenvalue weighted by Gasteiger charge is 2.13. The molecule has 0 atom stereocenters. The molecule has 1 aliphatic heterocycles. The van der Waals surface area contributed by atoms with Crippen LogP contribution in [0.5, 0.6) is 0 Å². The highest BCUT2D eigenvalue weighted by Crippen LogP contribution is 2.21. The second-order valence-corrected chi connectivity index (χ2v) is 4.66. The van der Waals surface area contributed by atoms with Gasteiger partial charge in [-0.3, -0.25) is 0 Å². The highest BCUT2D eigenvalue weighted by molar-refractivity contribution is 5.21. The molecule has 0 unspecified atom stereocenters. The van der Waals surface area contributed by atoms with E-state index >= 15 is 0 Å². The lowest BCUT2D eigenvalue weighted by atomic mass is 9.97. The first-order valence-corrected chi connectivity index (χ1v) is 6.36. The quantitative estimate of drug-likeness (QED) is 0.760. The molecule has 0 amide bonds.